The number of fused-ring (bicyclic) bond motifs is 2. The van der Waals surface area contributed by atoms with E-state index in [2.05, 4.69) is 5.32 Å². The molecule has 0 unspecified atom stereocenters. The summed E-state index contributed by atoms with van der Waals surface area (Å²) in [6.07, 6.45) is 0. The second-order valence-corrected chi connectivity index (χ2v) is 9.44. The van der Waals surface area contributed by atoms with Crippen LogP contribution in [0.4, 0.5) is 17.1 Å². The summed E-state index contributed by atoms with van der Waals surface area (Å²) in [6.45, 7) is 3.76. The molecule has 0 saturated carbocycles. The molecule has 166 valence electrons. The van der Waals surface area contributed by atoms with Crippen LogP contribution in [0.2, 0.25) is 0 Å². The number of para-hydroxylation sites is 2. The van der Waals surface area contributed by atoms with Crippen molar-refractivity contribution in [2.75, 3.05) is 27.4 Å². The van der Waals surface area contributed by atoms with E-state index in [0.717, 1.165) is 22.4 Å². The maximum Gasteiger partial charge on any atom is 0.269 e. The van der Waals surface area contributed by atoms with Gasteiger partial charge < -0.3 is 5.32 Å². The van der Waals surface area contributed by atoms with Crippen molar-refractivity contribution in [3.05, 3.63) is 89.5 Å². The van der Waals surface area contributed by atoms with Gasteiger partial charge in [0.1, 0.15) is 6.54 Å². The molecule has 1 atom stereocenters. The van der Waals surface area contributed by atoms with E-state index >= 15 is 0 Å². The van der Waals surface area contributed by atoms with Crippen LogP contribution in [0.3, 0.4) is 0 Å². The Morgan fingerprint density at radius 3 is 2.52 bits per heavy atom. The molecule has 1 spiro atoms. The fourth-order valence-electron chi connectivity index (χ4n) is 4.49. The van der Waals surface area contributed by atoms with Crippen LogP contribution in [0.15, 0.2) is 72.8 Å². The summed E-state index contributed by atoms with van der Waals surface area (Å²) in [5, 5.41) is 2.94. The number of nitrogens with one attached hydrogen (secondary N) is 1. The van der Waals surface area contributed by atoms with Crippen LogP contribution >= 0.6 is 11.8 Å². The number of anilines is 3. The third kappa shape index (κ3) is 3.40. The highest BCUT2D eigenvalue weighted by atomic mass is 32.2. The first-order valence-corrected chi connectivity index (χ1v) is 11.7. The van der Waals surface area contributed by atoms with Gasteiger partial charge in [0, 0.05) is 16.9 Å². The molecule has 2 aliphatic rings. The Bertz CT molecular complexity index is 1280. The number of hydrogen-bond donors (Lipinski definition) is 1. The van der Waals surface area contributed by atoms with Crippen molar-refractivity contribution in [2.24, 2.45) is 0 Å². The van der Waals surface area contributed by atoms with E-state index < -0.39 is 4.87 Å². The molecule has 0 bridgehead atoms. The van der Waals surface area contributed by atoms with Gasteiger partial charge in [0.25, 0.3) is 5.91 Å². The van der Waals surface area contributed by atoms with Gasteiger partial charge in [0.05, 0.1) is 11.4 Å². The molecule has 2 aliphatic heterocycles. The van der Waals surface area contributed by atoms with Crippen molar-refractivity contribution in [1.29, 1.82) is 0 Å². The number of carbonyl (C=O) groups is 3. The molecule has 1 fully saturated rings. The molecule has 3 aromatic carbocycles. The molecule has 33 heavy (non-hydrogen) atoms. The van der Waals surface area contributed by atoms with Crippen molar-refractivity contribution in [2.45, 2.75) is 18.7 Å². The van der Waals surface area contributed by atoms with Gasteiger partial charge in [-0.05, 0) is 49.2 Å². The summed E-state index contributed by atoms with van der Waals surface area (Å²) in [4.78, 5) is 41.8. The van der Waals surface area contributed by atoms with Crippen LogP contribution in [-0.2, 0) is 19.3 Å². The quantitative estimate of drug-likeness (QED) is 0.637. The average molecular weight is 458 g/mol. The van der Waals surface area contributed by atoms with Crippen LogP contribution < -0.4 is 15.1 Å². The highest BCUT2D eigenvalue weighted by Gasteiger charge is 2.61. The molecular formula is C26H23N3O3S. The van der Waals surface area contributed by atoms with Crippen molar-refractivity contribution in [1.82, 2.24) is 0 Å². The van der Waals surface area contributed by atoms with Gasteiger partial charge in [-0.3, -0.25) is 24.2 Å². The standard InChI is InChI=1S/C26H23N3O3S/c1-17-12-13-18(2)21(14-17)27-23(30)15-28-22-11-7-6-10-20(22)26(25(28)32)29(24(31)16-33-26)19-8-4-3-5-9-19/h3-14H,15-16H2,1-2H3,(H,27,30)/t26-/m0/s1. The van der Waals surface area contributed by atoms with Crippen LogP contribution in [0.1, 0.15) is 16.7 Å². The Kier molecular flexibility index (Phi) is 5.21. The normalized spacial score (nSPS) is 19.3. The summed E-state index contributed by atoms with van der Waals surface area (Å²) in [5.41, 5.74) is 4.77. The zero-order valence-corrected chi connectivity index (χ0v) is 19.2. The second kappa shape index (κ2) is 8.08. The smallest absolute Gasteiger partial charge is 0.269 e. The van der Waals surface area contributed by atoms with E-state index in [0.29, 0.717) is 11.4 Å². The van der Waals surface area contributed by atoms with Gasteiger partial charge in [-0.15, -0.1) is 11.8 Å². The molecule has 0 radical (unpaired) electrons. The second-order valence-electron chi connectivity index (χ2n) is 8.27. The minimum absolute atomic E-state index is 0.129. The first-order valence-electron chi connectivity index (χ1n) is 10.7. The number of nitrogens with zero attached hydrogens (tertiary/aromatic N) is 2. The van der Waals surface area contributed by atoms with Crippen LogP contribution in [0, 0.1) is 13.8 Å². The number of rotatable bonds is 4. The Balaban J connectivity index is 1.51. The first-order chi connectivity index (χ1) is 15.9. The van der Waals surface area contributed by atoms with Crippen molar-refractivity contribution < 1.29 is 14.4 Å². The first kappa shape index (κ1) is 21.3. The summed E-state index contributed by atoms with van der Waals surface area (Å²) in [5.74, 6) is -0.502. The average Bonchev–Trinajstić information content (AvgIpc) is 3.28. The van der Waals surface area contributed by atoms with Crippen LogP contribution in [0.25, 0.3) is 0 Å². The molecule has 1 saturated heterocycles. The van der Waals surface area contributed by atoms with E-state index in [-0.39, 0.29) is 30.0 Å². The van der Waals surface area contributed by atoms with Gasteiger partial charge in [0.15, 0.2) is 0 Å². The van der Waals surface area contributed by atoms with Gasteiger partial charge in [-0.1, -0.05) is 48.5 Å². The molecule has 2 heterocycles. The van der Waals surface area contributed by atoms with Gasteiger partial charge >= 0.3 is 0 Å². The van der Waals surface area contributed by atoms with Gasteiger partial charge in [0.2, 0.25) is 16.7 Å². The lowest BCUT2D eigenvalue weighted by molar-refractivity contribution is -0.124. The molecule has 0 aromatic heterocycles. The van der Waals surface area contributed by atoms with E-state index in [9.17, 15) is 14.4 Å². The monoisotopic (exact) mass is 457 g/mol. The molecule has 5 rings (SSSR count). The van der Waals surface area contributed by atoms with Crippen molar-refractivity contribution in [3.8, 4) is 0 Å². The lowest BCUT2D eigenvalue weighted by Gasteiger charge is -2.33. The third-order valence-corrected chi connectivity index (χ3v) is 7.43. The Labute approximate surface area is 196 Å². The fourth-order valence-corrected chi connectivity index (χ4v) is 5.85. The van der Waals surface area contributed by atoms with Gasteiger partial charge in [-0.25, -0.2) is 0 Å². The lowest BCUT2D eigenvalue weighted by atomic mass is 10.0. The SMILES string of the molecule is Cc1ccc(C)c(NC(=O)CN2C(=O)[C@@]3(SCC(=O)N3c3ccccc3)c3ccccc32)c1. The summed E-state index contributed by atoms with van der Waals surface area (Å²) >= 11 is 1.31. The molecule has 3 aromatic rings. The van der Waals surface area contributed by atoms with Crippen LogP contribution in [0.5, 0.6) is 0 Å². The molecule has 1 N–H and O–H groups in total. The van der Waals surface area contributed by atoms with Gasteiger partial charge in [-0.2, -0.15) is 0 Å². The third-order valence-electron chi connectivity index (χ3n) is 6.05. The van der Waals surface area contributed by atoms with E-state index in [1.54, 1.807) is 4.90 Å². The lowest BCUT2D eigenvalue weighted by Crippen LogP contribution is -2.50. The summed E-state index contributed by atoms with van der Waals surface area (Å²) in [7, 11) is 0. The molecular weight excluding hydrogens is 434 g/mol. The molecule has 0 aliphatic carbocycles. The number of carbonyl (C=O) groups excluding carboxylic acids is 3. The topological polar surface area (TPSA) is 69.7 Å². The Hall–Kier alpha value is -3.58. The number of amides is 3. The van der Waals surface area contributed by atoms with Crippen molar-refractivity contribution >= 4 is 46.5 Å². The maximum atomic E-state index is 14.0. The zero-order chi connectivity index (χ0) is 23.2. The number of aryl methyl sites for hydroxylation is 2. The predicted molar refractivity (Wildman–Crippen MR) is 131 cm³/mol. The minimum atomic E-state index is -1.21. The zero-order valence-electron chi connectivity index (χ0n) is 18.4. The van der Waals surface area contributed by atoms with E-state index in [1.165, 1.54) is 16.7 Å². The molecule has 7 heteroatoms. The Morgan fingerprint density at radius 2 is 1.73 bits per heavy atom. The maximum absolute atomic E-state index is 14.0. The van der Waals surface area contributed by atoms with Crippen LogP contribution in [-0.4, -0.2) is 30.0 Å². The number of thioether (sulfide) groups is 1. The highest BCUT2D eigenvalue weighted by molar-refractivity contribution is 8.02. The Morgan fingerprint density at radius 1 is 1.00 bits per heavy atom. The highest BCUT2D eigenvalue weighted by Crippen LogP contribution is 2.55. The summed E-state index contributed by atoms with van der Waals surface area (Å²) < 4.78 is 0. The largest absolute Gasteiger partial charge is 0.324 e. The van der Waals surface area contributed by atoms with E-state index in [4.69, 9.17) is 0 Å². The fraction of sp³-hybridized carbons (Fsp3) is 0.192. The summed E-state index contributed by atoms with van der Waals surface area (Å²) in [6, 6.07) is 22.5. The van der Waals surface area contributed by atoms with Crippen molar-refractivity contribution in [3.63, 3.8) is 0 Å². The molecule has 3 amide bonds. The number of benzene rings is 3. The predicted octanol–water partition coefficient (Wildman–Crippen LogP) is 4.22. The number of hydrogen-bond acceptors (Lipinski definition) is 4. The minimum Gasteiger partial charge on any atom is -0.324 e. The van der Waals surface area contributed by atoms with E-state index in [1.807, 2.05) is 86.6 Å². The molecule has 6 nitrogen and oxygen atoms in total.